The first-order chi connectivity index (χ1) is 20.7. The van der Waals surface area contributed by atoms with Gasteiger partial charge >= 0.3 is 276 Å². The van der Waals surface area contributed by atoms with Gasteiger partial charge in [0.25, 0.3) is 0 Å². The van der Waals surface area contributed by atoms with Gasteiger partial charge in [-0.15, -0.1) is 0 Å². The smallest absolute Gasteiger partial charge is 1.00 e. The fraction of sp³-hybridized carbons (Fsp3) is 0.326. The summed E-state index contributed by atoms with van der Waals surface area (Å²) in [6.07, 6.45) is 10.7. The van der Waals surface area contributed by atoms with Gasteiger partial charge in [0.1, 0.15) is 0 Å². The Balaban J connectivity index is 0.00000240. The van der Waals surface area contributed by atoms with Crippen molar-refractivity contribution in [2.75, 3.05) is 0 Å². The summed E-state index contributed by atoms with van der Waals surface area (Å²) in [5.41, 5.74) is 17.6. The summed E-state index contributed by atoms with van der Waals surface area (Å²) in [6, 6.07) is 26.4. The van der Waals surface area contributed by atoms with Gasteiger partial charge in [-0.1, -0.05) is 0 Å². The Kier molecular flexibility index (Phi) is 10.9. The molecule has 0 radical (unpaired) electrons. The van der Waals surface area contributed by atoms with E-state index in [1.807, 2.05) is 0 Å². The van der Waals surface area contributed by atoms with E-state index in [0.717, 1.165) is 6.42 Å². The van der Waals surface area contributed by atoms with Gasteiger partial charge in [0, 0.05) is 0 Å². The molecule has 6 rings (SSSR count). The van der Waals surface area contributed by atoms with Crippen LogP contribution in [0.3, 0.4) is 0 Å². The third-order valence-corrected chi connectivity index (χ3v) is 18.0. The van der Waals surface area contributed by atoms with E-state index in [0.29, 0.717) is 3.63 Å². The molecule has 0 spiro atoms. The third-order valence-electron chi connectivity index (χ3n) is 9.72. The molecular formula is C43H48Cl2Zr. The van der Waals surface area contributed by atoms with Crippen molar-refractivity contribution in [3.05, 3.63) is 147 Å². The summed E-state index contributed by atoms with van der Waals surface area (Å²) < 4.78 is 3.81. The first-order valence-electron chi connectivity index (χ1n) is 16.3. The Bertz CT molecular complexity index is 1800. The van der Waals surface area contributed by atoms with Crippen molar-refractivity contribution < 1.29 is 46.1 Å². The maximum absolute atomic E-state index is 2.73. The maximum atomic E-state index is 2.58. The predicted molar refractivity (Wildman–Crippen MR) is 189 cm³/mol. The first-order valence-corrected chi connectivity index (χ1v) is 20.2. The molecule has 0 atom stereocenters. The minimum atomic E-state index is -2.73. The molecule has 0 unspecified atom stereocenters. The van der Waals surface area contributed by atoms with Gasteiger partial charge in [-0.2, -0.15) is 0 Å². The molecule has 46 heavy (non-hydrogen) atoms. The number of aryl methyl sites for hydroxylation is 3. The van der Waals surface area contributed by atoms with Crippen LogP contribution < -0.4 is 28.1 Å². The molecular weight excluding hydrogens is 679 g/mol. The topological polar surface area (TPSA) is 0 Å². The minimum absolute atomic E-state index is 0. The largest absolute Gasteiger partial charge is 1.00 e. The van der Waals surface area contributed by atoms with E-state index in [2.05, 4.69) is 160 Å². The molecule has 0 bridgehead atoms. The quantitative estimate of drug-likeness (QED) is 0.256. The second-order valence-corrected chi connectivity index (χ2v) is 21.4. The van der Waals surface area contributed by atoms with Gasteiger partial charge in [-0.05, 0) is 0 Å². The average molecular weight is 727 g/mol. The number of allylic oxidation sites excluding steroid dienone is 4. The van der Waals surface area contributed by atoms with Gasteiger partial charge in [-0.3, -0.25) is 0 Å². The van der Waals surface area contributed by atoms with Crippen LogP contribution in [0.5, 0.6) is 0 Å². The van der Waals surface area contributed by atoms with Crippen LogP contribution in [0, 0.1) is 27.7 Å². The fourth-order valence-electron chi connectivity index (χ4n) is 7.57. The molecule has 2 aliphatic carbocycles. The Labute approximate surface area is 298 Å². The molecule has 0 N–H and O–H groups in total. The standard InChI is InChI=1S/C23H29.C15H14.C5H5.2ClH.Zr/c1-14-9-16-11-17-10-15(2)21(23(6,7)8)13-19(17)18(16)12-20(14)22(3,4)5;1-12-3-7-14(8-4-12)11-15-9-5-13(2)6-10-15;1-2-4-5-3-1;;;/h9,12-13H,11H2,1-8H3;3-10H,1-2H3;1-5H;2*1H;/q;;;;;+2/p-2. The van der Waals surface area contributed by atoms with Crippen molar-refractivity contribution >= 4 is 6.48 Å². The molecule has 4 aromatic carbocycles. The van der Waals surface area contributed by atoms with Gasteiger partial charge < -0.3 is 24.8 Å². The molecule has 2 aliphatic rings. The third kappa shape index (κ3) is 6.81. The zero-order valence-corrected chi connectivity index (χ0v) is 33.2. The fourth-order valence-corrected chi connectivity index (χ4v) is 16.3. The first kappa shape index (κ1) is 36.5. The summed E-state index contributed by atoms with van der Waals surface area (Å²) in [4.78, 5) is 0. The van der Waals surface area contributed by atoms with Gasteiger partial charge in [0.05, 0.1) is 0 Å². The van der Waals surface area contributed by atoms with Crippen LogP contribution in [0.25, 0.3) is 11.1 Å². The van der Waals surface area contributed by atoms with Crippen LogP contribution in [0.1, 0.15) is 97.2 Å². The van der Waals surface area contributed by atoms with Crippen LogP contribution in [-0.2, 0) is 38.5 Å². The van der Waals surface area contributed by atoms with Crippen molar-refractivity contribution in [2.24, 2.45) is 0 Å². The molecule has 0 saturated carbocycles. The summed E-state index contributed by atoms with van der Waals surface area (Å²) in [5, 5.41) is 0. The van der Waals surface area contributed by atoms with E-state index in [1.54, 1.807) is 12.0 Å². The van der Waals surface area contributed by atoms with E-state index in [4.69, 9.17) is 0 Å². The van der Waals surface area contributed by atoms with Crippen LogP contribution in [0.4, 0.5) is 0 Å². The monoisotopic (exact) mass is 724 g/mol. The number of hydrogen-bond acceptors (Lipinski definition) is 0. The van der Waals surface area contributed by atoms with Crippen LogP contribution >= 0.6 is 0 Å². The van der Waals surface area contributed by atoms with Crippen molar-refractivity contribution in [1.82, 2.24) is 0 Å². The predicted octanol–water partition coefficient (Wildman–Crippen LogP) is 4.52. The SMILES string of the molecule is Cc1ccc([C](c2ccc(C)cc2)=[Zr+2]([c]2c(C)c(C(C)(C)C)cc3c2Cc2cc(C)c(C(C)(C)C)cc2-3)[CH]2C=CC=C2)cc1.[Cl-].[Cl-]. The molecule has 0 nitrogen and oxygen atoms in total. The van der Waals surface area contributed by atoms with Gasteiger partial charge in [0.2, 0.25) is 0 Å². The molecule has 0 fully saturated rings. The van der Waals surface area contributed by atoms with Crippen LogP contribution in [-0.4, -0.2) is 3.21 Å². The Morgan fingerprint density at radius 3 is 1.59 bits per heavy atom. The minimum Gasteiger partial charge on any atom is -1.00 e. The normalized spacial score (nSPS) is 13.4. The number of benzene rings is 4. The van der Waals surface area contributed by atoms with E-state index >= 15 is 0 Å². The Morgan fingerprint density at radius 2 is 1.11 bits per heavy atom. The van der Waals surface area contributed by atoms with E-state index < -0.39 is 21.3 Å². The maximum Gasteiger partial charge on any atom is -1.00 e. The van der Waals surface area contributed by atoms with Gasteiger partial charge in [-0.25, -0.2) is 0 Å². The molecule has 238 valence electrons. The summed E-state index contributed by atoms with van der Waals surface area (Å²) >= 11 is -2.73. The van der Waals surface area contributed by atoms with Crippen molar-refractivity contribution in [3.8, 4) is 11.1 Å². The second kappa shape index (κ2) is 13.7. The zero-order valence-electron chi connectivity index (χ0n) is 29.2. The van der Waals surface area contributed by atoms with E-state index in [1.165, 1.54) is 61.2 Å². The molecule has 4 aromatic rings. The van der Waals surface area contributed by atoms with E-state index in [-0.39, 0.29) is 35.6 Å². The van der Waals surface area contributed by atoms with E-state index in [9.17, 15) is 0 Å². The molecule has 0 saturated heterocycles. The summed E-state index contributed by atoms with van der Waals surface area (Å²) in [7, 11) is 0. The summed E-state index contributed by atoms with van der Waals surface area (Å²) in [5.74, 6) is 0. The van der Waals surface area contributed by atoms with Gasteiger partial charge in [0.15, 0.2) is 0 Å². The molecule has 0 heterocycles. The Hall–Kier alpha value is -2.31. The Morgan fingerprint density at radius 1 is 0.630 bits per heavy atom. The molecule has 3 heteroatoms. The van der Waals surface area contributed by atoms with Crippen LogP contribution in [0.2, 0.25) is 3.63 Å². The van der Waals surface area contributed by atoms with Crippen molar-refractivity contribution in [2.45, 2.75) is 90.1 Å². The number of hydrogen-bond donors (Lipinski definition) is 0. The zero-order chi connectivity index (χ0) is 31.6. The van der Waals surface area contributed by atoms with Crippen LogP contribution in [0.15, 0.2) is 91.0 Å². The average Bonchev–Trinajstić information content (AvgIpc) is 3.59. The summed E-state index contributed by atoms with van der Waals surface area (Å²) in [6.45, 7) is 23.4. The number of halogens is 2. The number of fused-ring (bicyclic) bond motifs is 3. The van der Waals surface area contributed by atoms with Crippen molar-refractivity contribution in [1.29, 1.82) is 0 Å². The number of rotatable bonds is 4. The molecule has 0 aliphatic heterocycles. The second-order valence-electron chi connectivity index (χ2n) is 15.3. The molecule has 0 aromatic heterocycles. The van der Waals surface area contributed by atoms with Crippen molar-refractivity contribution in [3.63, 3.8) is 0 Å². The molecule has 0 amide bonds.